The van der Waals surface area contributed by atoms with Crippen LogP contribution in [0.5, 0.6) is 0 Å². The third kappa shape index (κ3) is 3.46. The first-order valence-electron chi connectivity index (χ1n) is 8.94. The fourth-order valence-corrected chi connectivity index (χ4v) is 3.11. The molecular weight excluding hydrogens is 328 g/mol. The Morgan fingerprint density at radius 2 is 2.00 bits per heavy atom. The lowest BCUT2D eigenvalue weighted by atomic mass is 10.2. The van der Waals surface area contributed by atoms with Crippen LogP contribution >= 0.6 is 0 Å². The Hall–Kier alpha value is -2.73. The third-order valence-corrected chi connectivity index (χ3v) is 4.54. The number of nitrogens with zero attached hydrogens (tertiary/aromatic N) is 4. The first-order valence-corrected chi connectivity index (χ1v) is 8.94. The largest absolute Gasteiger partial charge is 0.464 e. The number of aromatic nitrogens is 3. The number of hydrogen-bond donors (Lipinski definition) is 0. The van der Waals surface area contributed by atoms with Crippen LogP contribution in [0.2, 0.25) is 0 Å². The smallest absolute Gasteiger partial charge is 0.161 e. The second-order valence-electron chi connectivity index (χ2n) is 6.38. The molecule has 1 atom stereocenters. The zero-order chi connectivity index (χ0) is 17.9. The molecule has 0 spiro atoms. The van der Waals surface area contributed by atoms with Crippen molar-refractivity contribution in [3.63, 3.8) is 0 Å². The molecular formula is C20H22N4O2. The summed E-state index contributed by atoms with van der Waals surface area (Å²) in [4.78, 5) is 15.8. The van der Waals surface area contributed by atoms with Gasteiger partial charge in [-0.2, -0.15) is 0 Å². The molecule has 0 aromatic carbocycles. The summed E-state index contributed by atoms with van der Waals surface area (Å²) in [6.45, 7) is 6.20. The normalized spacial score (nSPS) is 17.5. The molecule has 0 aliphatic carbocycles. The summed E-state index contributed by atoms with van der Waals surface area (Å²) in [5.74, 6) is 3.43. The van der Waals surface area contributed by atoms with Gasteiger partial charge >= 0.3 is 0 Å². The van der Waals surface area contributed by atoms with E-state index in [9.17, 15) is 0 Å². The van der Waals surface area contributed by atoms with Crippen LogP contribution in [0.25, 0.3) is 11.4 Å². The van der Waals surface area contributed by atoms with Crippen molar-refractivity contribution < 1.29 is 9.15 Å². The second-order valence-corrected chi connectivity index (χ2v) is 6.38. The zero-order valence-electron chi connectivity index (χ0n) is 15.1. The van der Waals surface area contributed by atoms with Gasteiger partial charge in [0.15, 0.2) is 5.82 Å². The van der Waals surface area contributed by atoms with Crippen molar-refractivity contribution >= 4 is 5.82 Å². The van der Waals surface area contributed by atoms with E-state index in [0.29, 0.717) is 13.2 Å². The van der Waals surface area contributed by atoms with Gasteiger partial charge in [0, 0.05) is 36.3 Å². The van der Waals surface area contributed by atoms with Gasteiger partial charge in [-0.05, 0) is 37.6 Å². The maximum atomic E-state index is 5.91. The topological polar surface area (TPSA) is 64.3 Å². The summed E-state index contributed by atoms with van der Waals surface area (Å²) >= 11 is 0. The van der Waals surface area contributed by atoms with E-state index in [-0.39, 0.29) is 6.10 Å². The number of ether oxygens (including phenoxy) is 1. The summed E-state index contributed by atoms with van der Waals surface area (Å²) in [6.07, 6.45) is 4.31. The SMILES string of the molecule is CCc1cc(N2CCO[C@H](c3ccc(C)o3)C2)nc(-c2ccncc2)n1. The van der Waals surface area contributed by atoms with E-state index in [1.54, 1.807) is 12.4 Å². The quantitative estimate of drug-likeness (QED) is 0.717. The molecule has 0 amide bonds. The van der Waals surface area contributed by atoms with E-state index >= 15 is 0 Å². The number of aryl methyl sites for hydroxylation is 2. The zero-order valence-corrected chi connectivity index (χ0v) is 15.1. The van der Waals surface area contributed by atoms with Crippen LogP contribution < -0.4 is 4.90 Å². The Morgan fingerprint density at radius 1 is 1.15 bits per heavy atom. The third-order valence-electron chi connectivity index (χ3n) is 4.54. The van der Waals surface area contributed by atoms with Crippen molar-refractivity contribution in [3.8, 4) is 11.4 Å². The van der Waals surface area contributed by atoms with Crippen molar-refractivity contribution in [2.45, 2.75) is 26.4 Å². The predicted molar refractivity (Wildman–Crippen MR) is 99.0 cm³/mol. The van der Waals surface area contributed by atoms with Gasteiger partial charge in [-0.3, -0.25) is 4.98 Å². The molecule has 134 valence electrons. The lowest BCUT2D eigenvalue weighted by Gasteiger charge is -2.33. The fraction of sp³-hybridized carbons (Fsp3) is 0.350. The van der Waals surface area contributed by atoms with Crippen molar-refractivity contribution in [2.75, 3.05) is 24.6 Å². The maximum Gasteiger partial charge on any atom is 0.161 e. The van der Waals surface area contributed by atoms with Crippen LogP contribution in [0, 0.1) is 6.92 Å². The molecule has 0 radical (unpaired) electrons. The molecule has 1 fully saturated rings. The summed E-state index contributed by atoms with van der Waals surface area (Å²) in [5, 5.41) is 0. The van der Waals surface area contributed by atoms with Crippen LogP contribution in [0.4, 0.5) is 5.82 Å². The van der Waals surface area contributed by atoms with Crippen LogP contribution in [0.1, 0.15) is 30.2 Å². The number of hydrogen-bond acceptors (Lipinski definition) is 6. The van der Waals surface area contributed by atoms with Gasteiger partial charge in [0.25, 0.3) is 0 Å². The lowest BCUT2D eigenvalue weighted by Crippen LogP contribution is -2.39. The van der Waals surface area contributed by atoms with Gasteiger partial charge in [-0.15, -0.1) is 0 Å². The summed E-state index contributed by atoms with van der Waals surface area (Å²) in [6, 6.07) is 9.90. The highest BCUT2D eigenvalue weighted by molar-refractivity contribution is 5.57. The summed E-state index contributed by atoms with van der Waals surface area (Å²) in [5.41, 5.74) is 2.00. The molecule has 0 bridgehead atoms. The highest BCUT2D eigenvalue weighted by Gasteiger charge is 2.26. The van der Waals surface area contributed by atoms with Gasteiger partial charge < -0.3 is 14.1 Å². The average molecular weight is 350 g/mol. The molecule has 6 heteroatoms. The minimum Gasteiger partial charge on any atom is -0.464 e. The van der Waals surface area contributed by atoms with Crippen LogP contribution in [0.15, 0.2) is 47.1 Å². The molecule has 3 aromatic rings. The molecule has 0 N–H and O–H groups in total. The molecule has 4 rings (SSSR count). The Kier molecular flexibility index (Phi) is 4.67. The average Bonchev–Trinajstić information content (AvgIpc) is 3.15. The van der Waals surface area contributed by atoms with Gasteiger partial charge in [-0.1, -0.05) is 6.92 Å². The van der Waals surface area contributed by atoms with E-state index in [1.807, 2.05) is 31.2 Å². The van der Waals surface area contributed by atoms with E-state index in [2.05, 4.69) is 27.9 Å². The number of morpholine rings is 1. The van der Waals surface area contributed by atoms with Crippen LogP contribution in [0.3, 0.4) is 0 Å². The molecule has 4 heterocycles. The first kappa shape index (κ1) is 16.7. The van der Waals surface area contributed by atoms with Gasteiger partial charge in [0.2, 0.25) is 0 Å². The molecule has 3 aromatic heterocycles. The Labute approximate surface area is 152 Å². The first-order chi connectivity index (χ1) is 12.7. The molecule has 1 aliphatic rings. The van der Waals surface area contributed by atoms with Gasteiger partial charge in [0.05, 0.1) is 13.2 Å². The highest BCUT2D eigenvalue weighted by Crippen LogP contribution is 2.28. The summed E-state index contributed by atoms with van der Waals surface area (Å²) in [7, 11) is 0. The number of pyridine rings is 1. The van der Waals surface area contributed by atoms with Crippen molar-refractivity contribution in [2.24, 2.45) is 0 Å². The second kappa shape index (κ2) is 7.25. The molecule has 6 nitrogen and oxygen atoms in total. The monoisotopic (exact) mass is 350 g/mol. The Morgan fingerprint density at radius 3 is 2.73 bits per heavy atom. The molecule has 1 saturated heterocycles. The number of furan rings is 1. The highest BCUT2D eigenvalue weighted by atomic mass is 16.5. The molecule has 26 heavy (non-hydrogen) atoms. The standard InChI is InChI=1S/C20H22N4O2/c1-3-16-12-19(23-20(22-16)15-6-8-21-9-7-15)24-10-11-25-18(13-24)17-5-4-14(2)26-17/h4-9,12,18H,3,10-11,13H2,1-2H3/t18-/m0/s1. The Balaban J connectivity index is 1.64. The van der Waals surface area contributed by atoms with E-state index in [0.717, 1.165) is 47.4 Å². The van der Waals surface area contributed by atoms with E-state index < -0.39 is 0 Å². The van der Waals surface area contributed by atoms with Crippen molar-refractivity contribution in [1.29, 1.82) is 0 Å². The van der Waals surface area contributed by atoms with Crippen LogP contribution in [-0.4, -0.2) is 34.6 Å². The van der Waals surface area contributed by atoms with E-state index in [4.69, 9.17) is 14.1 Å². The minimum atomic E-state index is -0.0816. The molecule has 0 saturated carbocycles. The van der Waals surface area contributed by atoms with Crippen molar-refractivity contribution in [3.05, 3.63) is 59.9 Å². The fourth-order valence-electron chi connectivity index (χ4n) is 3.11. The molecule has 1 aliphatic heterocycles. The van der Waals surface area contributed by atoms with Crippen LogP contribution in [-0.2, 0) is 11.2 Å². The Bertz CT molecular complexity index is 879. The molecule has 0 unspecified atom stereocenters. The maximum absolute atomic E-state index is 5.91. The van der Waals surface area contributed by atoms with Crippen molar-refractivity contribution in [1.82, 2.24) is 15.0 Å². The van der Waals surface area contributed by atoms with Gasteiger partial charge in [-0.25, -0.2) is 9.97 Å². The summed E-state index contributed by atoms with van der Waals surface area (Å²) < 4.78 is 11.7. The van der Waals surface area contributed by atoms with Gasteiger partial charge in [0.1, 0.15) is 23.4 Å². The lowest BCUT2D eigenvalue weighted by molar-refractivity contribution is 0.0250. The number of rotatable bonds is 4. The number of anilines is 1. The van der Waals surface area contributed by atoms with E-state index in [1.165, 1.54) is 0 Å². The predicted octanol–water partition coefficient (Wildman–Crippen LogP) is 3.58. The minimum absolute atomic E-state index is 0.0816.